The number of aliphatic carboxylic acids is 2. The molecule has 0 radical (unpaired) electrons. The van der Waals surface area contributed by atoms with Gasteiger partial charge in [0, 0.05) is 10.7 Å². The van der Waals surface area contributed by atoms with Crippen molar-refractivity contribution in [3.63, 3.8) is 0 Å². The lowest BCUT2D eigenvalue weighted by molar-refractivity contribution is -0.140. The molecule has 30 heavy (non-hydrogen) atoms. The van der Waals surface area contributed by atoms with E-state index in [0.29, 0.717) is 28.5 Å². The minimum atomic E-state index is -1.22. The molecule has 3 rings (SSSR count). The SMILES string of the molecule is CC1=NC(C)C(C(=O)O)C(c2cc(Cl)ccc2COCc2ccccc2)=C1C(=O)O. The van der Waals surface area contributed by atoms with E-state index in [1.165, 1.54) is 0 Å². The van der Waals surface area contributed by atoms with Gasteiger partial charge in [0.15, 0.2) is 0 Å². The molecule has 0 saturated heterocycles. The summed E-state index contributed by atoms with van der Waals surface area (Å²) >= 11 is 6.20. The van der Waals surface area contributed by atoms with Crippen LogP contribution in [0.4, 0.5) is 0 Å². The van der Waals surface area contributed by atoms with Gasteiger partial charge in [0.1, 0.15) is 5.92 Å². The number of hydrogen-bond acceptors (Lipinski definition) is 4. The summed E-state index contributed by atoms with van der Waals surface area (Å²) in [5.41, 5.74) is 2.51. The molecule has 0 amide bonds. The zero-order valence-electron chi connectivity index (χ0n) is 16.6. The highest BCUT2D eigenvalue weighted by Crippen LogP contribution is 2.38. The van der Waals surface area contributed by atoms with Gasteiger partial charge in [-0.1, -0.05) is 48.0 Å². The molecule has 0 aromatic heterocycles. The zero-order valence-corrected chi connectivity index (χ0v) is 17.4. The van der Waals surface area contributed by atoms with Crippen molar-refractivity contribution in [1.29, 1.82) is 0 Å². The average molecular weight is 428 g/mol. The second kappa shape index (κ2) is 9.24. The first kappa shape index (κ1) is 21.7. The fourth-order valence-corrected chi connectivity index (χ4v) is 3.89. The van der Waals surface area contributed by atoms with Gasteiger partial charge in [-0.25, -0.2) is 4.79 Å². The molecule has 2 unspecified atom stereocenters. The van der Waals surface area contributed by atoms with Crippen LogP contribution in [0.15, 0.2) is 59.1 Å². The van der Waals surface area contributed by atoms with E-state index in [0.717, 1.165) is 5.56 Å². The molecule has 0 aliphatic carbocycles. The Morgan fingerprint density at radius 2 is 1.80 bits per heavy atom. The van der Waals surface area contributed by atoms with Crippen molar-refractivity contribution in [3.8, 4) is 0 Å². The molecule has 0 fully saturated rings. The van der Waals surface area contributed by atoms with Gasteiger partial charge >= 0.3 is 11.9 Å². The molecule has 0 bridgehead atoms. The topological polar surface area (TPSA) is 96.2 Å². The van der Waals surface area contributed by atoms with Crippen molar-refractivity contribution in [2.45, 2.75) is 33.1 Å². The third-order valence-corrected chi connectivity index (χ3v) is 5.27. The predicted molar refractivity (Wildman–Crippen MR) is 115 cm³/mol. The molecule has 0 saturated carbocycles. The van der Waals surface area contributed by atoms with Gasteiger partial charge in [0.2, 0.25) is 0 Å². The third-order valence-electron chi connectivity index (χ3n) is 5.03. The third kappa shape index (κ3) is 4.61. The van der Waals surface area contributed by atoms with Crippen LogP contribution in [0.25, 0.3) is 5.57 Å². The van der Waals surface area contributed by atoms with Crippen LogP contribution in [-0.4, -0.2) is 33.9 Å². The van der Waals surface area contributed by atoms with Crippen LogP contribution < -0.4 is 0 Å². The smallest absolute Gasteiger partial charge is 0.337 e. The number of carbonyl (C=O) groups is 2. The molecule has 6 nitrogen and oxygen atoms in total. The predicted octanol–water partition coefficient (Wildman–Crippen LogP) is 4.46. The van der Waals surface area contributed by atoms with Crippen LogP contribution in [0.3, 0.4) is 0 Å². The largest absolute Gasteiger partial charge is 0.481 e. The van der Waals surface area contributed by atoms with Crippen LogP contribution in [0, 0.1) is 5.92 Å². The Labute approximate surface area is 179 Å². The Bertz CT molecular complexity index is 1030. The number of nitrogens with zero attached hydrogens (tertiary/aromatic N) is 1. The number of carboxylic acids is 2. The number of rotatable bonds is 7. The standard InChI is InChI=1S/C23H22ClNO5/c1-13-19(22(26)27)21(20(23(28)29)14(2)25-13)18-10-17(24)9-8-16(18)12-30-11-15-6-4-3-5-7-15/h3-10,13,19H,11-12H2,1-2H3,(H,26,27)(H,28,29). The summed E-state index contributed by atoms with van der Waals surface area (Å²) in [6.45, 7) is 3.78. The van der Waals surface area contributed by atoms with Crippen LogP contribution in [0.5, 0.6) is 0 Å². The van der Waals surface area contributed by atoms with Crippen molar-refractivity contribution in [2.24, 2.45) is 10.9 Å². The summed E-state index contributed by atoms with van der Waals surface area (Å²) in [6.07, 6.45) is 0. The second-order valence-electron chi connectivity index (χ2n) is 7.14. The van der Waals surface area contributed by atoms with Crippen molar-refractivity contribution in [3.05, 3.63) is 75.8 Å². The lowest BCUT2D eigenvalue weighted by atomic mass is 9.79. The maximum atomic E-state index is 12.1. The average Bonchev–Trinajstić information content (AvgIpc) is 2.68. The Morgan fingerprint density at radius 1 is 1.10 bits per heavy atom. The van der Waals surface area contributed by atoms with E-state index in [2.05, 4.69) is 4.99 Å². The van der Waals surface area contributed by atoms with Gasteiger partial charge < -0.3 is 14.9 Å². The van der Waals surface area contributed by atoms with Gasteiger partial charge in [0.25, 0.3) is 0 Å². The maximum absolute atomic E-state index is 12.1. The lowest BCUT2D eigenvalue weighted by Crippen LogP contribution is -2.34. The van der Waals surface area contributed by atoms with E-state index in [9.17, 15) is 19.8 Å². The fourth-order valence-electron chi connectivity index (χ4n) is 3.72. The van der Waals surface area contributed by atoms with E-state index in [-0.39, 0.29) is 17.8 Å². The molecule has 2 aromatic carbocycles. The van der Waals surface area contributed by atoms with Crippen molar-refractivity contribution >= 4 is 34.8 Å². The Hall–Kier alpha value is -2.96. The second-order valence-corrected chi connectivity index (χ2v) is 7.58. The summed E-state index contributed by atoms with van der Waals surface area (Å²) in [4.78, 5) is 28.3. The summed E-state index contributed by atoms with van der Waals surface area (Å²) in [6, 6.07) is 14.0. The first-order valence-electron chi connectivity index (χ1n) is 9.45. The van der Waals surface area contributed by atoms with E-state index in [1.54, 1.807) is 32.0 Å². The molecular formula is C23H22ClNO5. The van der Waals surface area contributed by atoms with Gasteiger partial charge in [-0.15, -0.1) is 0 Å². The van der Waals surface area contributed by atoms with Crippen molar-refractivity contribution in [2.75, 3.05) is 0 Å². The van der Waals surface area contributed by atoms with Gasteiger partial charge in [-0.05, 0) is 48.2 Å². The van der Waals surface area contributed by atoms with E-state index < -0.39 is 23.9 Å². The fraction of sp³-hybridized carbons (Fsp3) is 0.261. The van der Waals surface area contributed by atoms with Crippen LogP contribution in [0.1, 0.15) is 30.5 Å². The minimum Gasteiger partial charge on any atom is -0.481 e. The highest BCUT2D eigenvalue weighted by molar-refractivity contribution is 6.31. The van der Waals surface area contributed by atoms with Gasteiger partial charge in [-0.2, -0.15) is 0 Å². The first-order valence-corrected chi connectivity index (χ1v) is 9.83. The number of hydrogen-bond donors (Lipinski definition) is 2. The maximum Gasteiger partial charge on any atom is 0.337 e. The number of dihydropyridines is 1. The highest BCUT2D eigenvalue weighted by atomic mass is 35.5. The Kier molecular flexibility index (Phi) is 6.70. The molecule has 156 valence electrons. The Balaban J connectivity index is 2.05. The zero-order chi connectivity index (χ0) is 21.8. The van der Waals surface area contributed by atoms with Gasteiger partial charge in [0.05, 0.1) is 24.8 Å². The minimum absolute atomic E-state index is 0.105. The molecule has 2 N–H and O–H groups in total. The molecule has 1 aliphatic heterocycles. The van der Waals surface area contributed by atoms with E-state index in [4.69, 9.17) is 16.3 Å². The quantitative estimate of drug-likeness (QED) is 0.680. The number of benzene rings is 2. The molecule has 2 aromatic rings. The highest BCUT2D eigenvalue weighted by Gasteiger charge is 2.38. The molecule has 1 aliphatic rings. The monoisotopic (exact) mass is 427 g/mol. The summed E-state index contributed by atoms with van der Waals surface area (Å²) in [5, 5.41) is 20.0. The molecule has 2 atom stereocenters. The van der Waals surface area contributed by atoms with E-state index in [1.807, 2.05) is 30.3 Å². The van der Waals surface area contributed by atoms with Crippen LogP contribution in [-0.2, 0) is 27.5 Å². The lowest BCUT2D eigenvalue weighted by Gasteiger charge is -2.29. The Morgan fingerprint density at radius 3 is 2.43 bits per heavy atom. The number of aliphatic imine (C=N–C) groups is 1. The summed E-state index contributed by atoms with van der Waals surface area (Å²) in [7, 11) is 0. The van der Waals surface area contributed by atoms with Crippen LogP contribution >= 0.6 is 11.6 Å². The first-order chi connectivity index (χ1) is 14.3. The molecule has 0 spiro atoms. The number of carboxylic acid groups (broad SMARTS) is 2. The molecule has 1 heterocycles. The van der Waals surface area contributed by atoms with Crippen molar-refractivity contribution in [1.82, 2.24) is 0 Å². The van der Waals surface area contributed by atoms with Crippen LogP contribution in [0.2, 0.25) is 5.02 Å². The molecular weight excluding hydrogens is 406 g/mol. The normalized spacial score (nSPS) is 18.8. The number of ether oxygens (including phenoxy) is 1. The van der Waals surface area contributed by atoms with Crippen molar-refractivity contribution < 1.29 is 24.5 Å². The summed E-state index contributed by atoms with van der Waals surface area (Å²) < 4.78 is 5.83. The van der Waals surface area contributed by atoms with Gasteiger partial charge in [-0.3, -0.25) is 9.79 Å². The molecule has 7 heteroatoms. The summed E-state index contributed by atoms with van der Waals surface area (Å²) in [5.74, 6) is -3.46. The number of halogens is 1. The van der Waals surface area contributed by atoms with E-state index >= 15 is 0 Å².